The first-order chi connectivity index (χ1) is 8.79. The Hall–Kier alpha value is -1.65. The fourth-order valence-electron chi connectivity index (χ4n) is 2.38. The molecule has 18 heavy (non-hydrogen) atoms. The molecule has 94 valence electrons. The summed E-state index contributed by atoms with van der Waals surface area (Å²) in [6, 6.07) is 0. The van der Waals surface area contributed by atoms with Gasteiger partial charge in [0.15, 0.2) is 5.65 Å². The van der Waals surface area contributed by atoms with Crippen LogP contribution < -0.4 is 5.56 Å². The van der Waals surface area contributed by atoms with Crippen molar-refractivity contribution in [2.24, 2.45) is 11.8 Å². The van der Waals surface area contributed by atoms with Gasteiger partial charge in [0.2, 0.25) is 0 Å². The summed E-state index contributed by atoms with van der Waals surface area (Å²) in [5.41, 5.74) is 0.721. The summed E-state index contributed by atoms with van der Waals surface area (Å²) in [5, 5.41) is 4.93. The van der Waals surface area contributed by atoms with Gasteiger partial charge in [-0.05, 0) is 37.5 Å². The molecule has 0 bridgehead atoms. The molecule has 1 N–H and O–H groups in total. The topological polar surface area (TPSA) is 63.6 Å². The Bertz CT molecular complexity index is 649. The quantitative estimate of drug-likeness (QED) is 0.886. The Morgan fingerprint density at radius 1 is 1.28 bits per heavy atom. The van der Waals surface area contributed by atoms with Crippen molar-refractivity contribution in [3.8, 4) is 0 Å². The van der Waals surface area contributed by atoms with E-state index in [-0.39, 0.29) is 5.56 Å². The van der Waals surface area contributed by atoms with Gasteiger partial charge in [0.05, 0.1) is 6.20 Å². The van der Waals surface area contributed by atoms with Crippen molar-refractivity contribution in [3.63, 3.8) is 0 Å². The van der Waals surface area contributed by atoms with E-state index in [9.17, 15) is 4.79 Å². The van der Waals surface area contributed by atoms with Gasteiger partial charge in [-0.15, -0.1) is 0 Å². The summed E-state index contributed by atoms with van der Waals surface area (Å²) >= 11 is 0. The molecule has 0 aromatic carbocycles. The molecule has 0 radical (unpaired) electrons. The lowest BCUT2D eigenvalue weighted by Crippen LogP contribution is -2.13. The molecule has 0 spiro atoms. The van der Waals surface area contributed by atoms with Crippen LogP contribution in [-0.2, 0) is 13.0 Å². The van der Waals surface area contributed by atoms with Gasteiger partial charge in [0.1, 0.15) is 11.2 Å². The first-order valence-corrected chi connectivity index (χ1v) is 6.74. The minimum absolute atomic E-state index is 0.0438. The van der Waals surface area contributed by atoms with Crippen molar-refractivity contribution in [3.05, 3.63) is 22.4 Å². The summed E-state index contributed by atoms with van der Waals surface area (Å²) in [4.78, 5) is 19.5. The lowest BCUT2D eigenvalue weighted by molar-refractivity contribution is 0.574. The predicted octanol–water partition coefficient (Wildman–Crippen LogP) is 1.48. The van der Waals surface area contributed by atoms with Gasteiger partial charge in [-0.2, -0.15) is 5.10 Å². The molecular formula is C13H16N4O. The predicted molar refractivity (Wildman–Crippen MR) is 67.3 cm³/mol. The maximum absolute atomic E-state index is 12.0. The van der Waals surface area contributed by atoms with Crippen LogP contribution in [-0.4, -0.2) is 19.7 Å². The van der Waals surface area contributed by atoms with Crippen molar-refractivity contribution in [2.75, 3.05) is 0 Å². The molecule has 5 heteroatoms. The second-order valence-corrected chi connectivity index (χ2v) is 5.67. The molecular weight excluding hydrogens is 228 g/mol. The SMILES string of the molecule is O=c1[nH]c(CC2CC2)nc2c1cnn2CC1CC1. The van der Waals surface area contributed by atoms with Crippen LogP contribution in [0.15, 0.2) is 11.0 Å². The largest absolute Gasteiger partial charge is 0.310 e. The second-order valence-electron chi connectivity index (χ2n) is 5.67. The Labute approximate surface area is 104 Å². The summed E-state index contributed by atoms with van der Waals surface area (Å²) in [7, 11) is 0. The van der Waals surface area contributed by atoms with Gasteiger partial charge in [-0.25, -0.2) is 9.67 Å². The Balaban J connectivity index is 1.77. The van der Waals surface area contributed by atoms with E-state index in [0.717, 1.165) is 36.3 Å². The minimum Gasteiger partial charge on any atom is -0.310 e. The Morgan fingerprint density at radius 3 is 2.78 bits per heavy atom. The van der Waals surface area contributed by atoms with Gasteiger partial charge >= 0.3 is 0 Å². The van der Waals surface area contributed by atoms with E-state index >= 15 is 0 Å². The van der Waals surface area contributed by atoms with Crippen LogP contribution in [0.25, 0.3) is 11.0 Å². The molecule has 2 saturated carbocycles. The van der Waals surface area contributed by atoms with Gasteiger partial charge in [-0.3, -0.25) is 4.79 Å². The fourth-order valence-corrected chi connectivity index (χ4v) is 2.38. The second kappa shape index (κ2) is 3.67. The molecule has 0 amide bonds. The zero-order valence-electron chi connectivity index (χ0n) is 10.2. The van der Waals surface area contributed by atoms with Crippen LogP contribution in [0.2, 0.25) is 0 Å². The van der Waals surface area contributed by atoms with Crippen LogP contribution in [0.1, 0.15) is 31.5 Å². The van der Waals surface area contributed by atoms with E-state index in [1.54, 1.807) is 6.20 Å². The summed E-state index contributed by atoms with van der Waals surface area (Å²) in [6.45, 7) is 0.906. The highest BCUT2D eigenvalue weighted by molar-refractivity contribution is 5.73. The van der Waals surface area contributed by atoms with Gasteiger partial charge < -0.3 is 4.98 Å². The molecule has 2 aromatic rings. The summed E-state index contributed by atoms with van der Waals surface area (Å²) < 4.78 is 1.90. The van der Waals surface area contributed by atoms with E-state index < -0.39 is 0 Å². The van der Waals surface area contributed by atoms with E-state index in [4.69, 9.17) is 0 Å². The number of hydrogen-bond donors (Lipinski definition) is 1. The van der Waals surface area contributed by atoms with Crippen molar-refractivity contribution in [1.82, 2.24) is 19.7 Å². The molecule has 5 nitrogen and oxygen atoms in total. The van der Waals surface area contributed by atoms with Crippen LogP contribution in [0.3, 0.4) is 0 Å². The average Bonchev–Trinajstić information content (AvgIpc) is 3.22. The standard InChI is InChI=1S/C13H16N4O/c18-13-10-6-14-17(7-9-3-4-9)12(10)15-11(16-13)5-8-1-2-8/h6,8-9H,1-5,7H2,(H,15,16,18). The van der Waals surface area contributed by atoms with Crippen LogP contribution in [0, 0.1) is 11.8 Å². The number of hydrogen-bond acceptors (Lipinski definition) is 3. The monoisotopic (exact) mass is 244 g/mol. The zero-order valence-corrected chi connectivity index (χ0v) is 10.2. The normalized spacial score (nSPS) is 19.6. The summed E-state index contributed by atoms with van der Waals surface area (Å²) in [5.74, 6) is 2.29. The Morgan fingerprint density at radius 2 is 2.06 bits per heavy atom. The third-order valence-corrected chi connectivity index (χ3v) is 3.86. The van der Waals surface area contributed by atoms with Crippen molar-refractivity contribution in [1.29, 1.82) is 0 Å². The smallest absolute Gasteiger partial charge is 0.262 e. The zero-order chi connectivity index (χ0) is 12.1. The molecule has 0 aliphatic heterocycles. The molecule has 2 aliphatic carbocycles. The maximum Gasteiger partial charge on any atom is 0.262 e. The van der Waals surface area contributed by atoms with Crippen molar-refractivity contribution in [2.45, 2.75) is 38.6 Å². The van der Waals surface area contributed by atoms with E-state index in [2.05, 4.69) is 15.1 Å². The first kappa shape index (κ1) is 10.3. The average molecular weight is 244 g/mol. The maximum atomic E-state index is 12.0. The highest BCUT2D eigenvalue weighted by atomic mass is 16.1. The molecule has 4 rings (SSSR count). The van der Waals surface area contributed by atoms with Crippen LogP contribution >= 0.6 is 0 Å². The van der Waals surface area contributed by atoms with Crippen molar-refractivity contribution < 1.29 is 0 Å². The lowest BCUT2D eigenvalue weighted by Gasteiger charge is -2.03. The van der Waals surface area contributed by atoms with E-state index in [1.165, 1.54) is 25.7 Å². The molecule has 2 fully saturated rings. The molecule has 2 aliphatic rings. The lowest BCUT2D eigenvalue weighted by atomic mass is 10.3. The van der Waals surface area contributed by atoms with Gasteiger partial charge in [-0.1, -0.05) is 0 Å². The van der Waals surface area contributed by atoms with Gasteiger partial charge in [0.25, 0.3) is 5.56 Å². The number of aromatic nitrogens is 4. The number of aromatic amines is 1. The number of H-pyrrole nitrogens is 1. The number of nitrogens with one attached hydrogen (secondary N) is 1. The third-order valence-electron chi connectivity index (χ3n) is 3.86. The molecule has 2 aromatic heterocycles. The van der Waals surface area contributed by atoms with Gasteiger partial charge in [0, 0.05) is 13.0 Å². The molecule has 0 atom stereocenters. The third kappa shape index (κ3) is 1.83. The number of rotatable bonds is 4. The molecule has 0 saturated heterocycles. The molecule has 0 unspecified atom stereocenters. The minimum atomic E-state index is -0.0438. The highest BCUT2D eigenvalue weighted by Crippen LogP contribution is 2.32. The fraction of sp³-hybridized carbons (Fsp3) is 0.615. The van der Waals surface area contributed by atoms with Crippen molar-refractivity contribution >= 4 is 11.0 Å². The Kier molecular flexibility index (Phi) is 2.10. The summed E-state index contributed by atoms with van der Waals surface area (Å²) in [6.07, 6.45) is 7.63. The highest BCUT2D eigenvalue weighted by Gasteiger charge is 2.25. The van der Waals surface area contributed by atoms with E-state index in [1.807, 2.05) is 4.68 Å². The molecule has 2 heterocycles. The first-order valence-electron chi connectivity index (χ1n) is 6.74. The van der Waals surface area contributed by atoms with Crippen LogP contribution in [0.5, 0.6) is 0 Å². The van der Waals surface area contributed by atoms with Crippen LogP contribution in [0.4, 0.5) is 0 Å². The van der Waals surface area contributed by atoms with E-state index in [0.29, 0.717) is 5.39 Å². The number of fused-ring (bicyclic) bond motifs is 1. The number of nitrogens with zero attached hydrogens (tertiary/aromatic N) is 3.